The largest absolute Gasteiger partial charge is 0.313 e. The van der Waals surface area contributed by atoms with Gasteiger partial charge >= 0.3 is 0 Å². The summed E-state index contributed by atoms with van der Waals surface area (Å²) in [6, 6.07) is 6.47. The third-order valence-corrected chi connectivity index (χ3v) is 3.83. The van der Waals surface area contributed by atoms with Gasteiger partial charge in [-0.15, -0.1) is 0 Å². The van der Waals surface area contributed by atoms with E-state index in [1.807, 2.05) is 12.4 Å². The van der Waals surface area contributed by atoms with Crippen LogP contribution in [-0.2, 0) is 13.0 Å². The van der Waals surface area contributed by atoms with E-state index in [0.29, 0.717) is 0 Å². The van der Waals surface area contributed by atoms with Gasteiger partial charge in [0, 0.05) is 35.5 Å². The average Bonchev–Trinajstić information content (AvgIpc) is 2.89. The fraction of sp³-hybridized carbons (Fsp3) is 0.400. The lowest BCUT2D eigenvalue weighted by Gasteiger charge is -2.10. The Morgan fingerprint density at radius 1 is 1.32 bits per heavy atom. The number of imidazole rings is 1. The molecular formula is C15H20BrN3. The Morgan fingerprint density at radius 2 is 2.16 bits per heavy atom. The van der Waals surface area contributed by atoms with E-state index < -0.39 is 0 Å². The molecule has 0 aliphatic rings. The third kappa shape index (κ3) is 3.45. The number of hydrogen-bond acceptors (Lipinski definition) is 2. The summed E-state index contributed by atoms with van der Waals surface area (Å²) in [5, 5.41) is 3.42. The van der Waals surface area contributed by atoms with Gasteiger partial charge in [0.05, 0.1) is 0 Å². The van der Waals surface area contributed by atoms with Gasteiger partial charge in [-0.05, 0) is 30.7 Å². The van der Waals surface area contributed by atoms with Crippen molar-refractivity contribution in [1.82, 2.24) is 14.9 Å². The first-order chi connectivity index (χ1) is 9.26. The van der Waals surface area contributed by atoms with Gasteiger partial charge in [0.1, 0.15) is 5.82 Å². The molecule has 1 aromatic carbocycles. The summed E-state index contributed by atoms with van der Waals surface area (Å²) in [6.45, 7) is 6.25. The maximum absolute atomic E-state index is 4.36. The molecule has 19 heavy (non-hydrogen) atoms. The summed E-state index contributed by atoms with van der Waals surface area (Å²) in [4.78, 5) is 4.36. The molecular weight excluding hydrogens is 302 g/mol. The minimum absolute atomic E-state index is 0.902. The van der Waals surface area contributed by atoms with Gasteiger partial charge in [-0.25, -0.2) is 4.98 Å². The topological polar surface area (TPSA) is 29.9 Å². The van der Waals surface area contributed by atoms with Crippen molar-refractivity contribution < 1.29 is 0 Å². The highest BCUT2D eigenvalue weighted by Crippen LogP contribution is 2.22. The molecule has 0 fully saturated rings. The average molecular weight is 322 g/mol. The van der Waals surface area contributed by atoms with Crippen molar-refractivity contribution in [3.05, 3.63) is 46.5 Å². The predicted octanol–water partition coefficient (Wildman–Crippen LogP) is 3.70. The molecule has 1 N–H and O–H groups in total. The van der Waals surface area contributed by atoms with Gasteiger partial charge in [0.25, 0.3) is 0 Å². The molecule has 2 rings (SSSR count). The molecule has 0 unspecified atom stereocenters. The molecule has 0 aliphatic carbocycles. The second kappa shape index (κ2) is 6.87. The molecule has 3 nitrogen and oxygen atoms in total. The zero-order chi connectivity index (χ0) is 13.7. The molecule has 1 aromatic heterocycles. The van der Waals surface area contributed by atoms with E-state index in [1.165, 1.54) is 5.56 Å². The molecule has 0 bridgehead atoms. The van der Waals surface area contributed by atoms with E-state index in [4.69, 9.17) is 0 Å². The lowest BCUT2D eigenvalue weighted by atomic mass is 10.2. The number of rotatable bonds is 6. The number of hydrogen-bond donors (Lipinski definition) is 1. The minimum Gasteiger partial charge on any atom is -0.313 e. The Kier molecular flexibility index (Phi) is 5.16. The lowest BCUT2D eigenvalue weighted by Crippen LogP contribution is -2.14. The van der Waals surface area contributed by atoms with Crippen molar-refractivity contribution in [3.63, 3.8) is 0 Å². The van der Waals surface area contributed by atoms with Crippen LogP contribution >= 0.6 is 15.9 Å². The third-order valence-electron chi connectivity index (χ3n) is 3.09. The summed E-state index contributed by atoms with van der Waals surface area (Å²) in [7, 11) is 0. The molecule has 102 valence electrons. The van der Waals surface area contributed by atoms with Crippen molar-refractivity contribution >= 4 is 15.9 Å². The first-order valence-corrected chi connectivity index (χ1v) is 7.57. The Hall–Kier alpha value is -1.13. The van der Waals surface area contributed by atoms with Crippen molar-refractivity contribution in [3.8, 4) is 5.69 Å². The molecule has 0 amide bonds. The Balaban J connectivity index is 2.19. The number of benzene rings is 1. The van der Waals surface area contributed by atoms with Gasteiger partial charge < -0.3 is 9.88 Å². The van der Waals surface area contributed by atoms with Crippen LogP contribution in [-0.4, -0.2) is 16.1 Å². The Bertz CT molecular complexity index is 534. The lowest BCUT2D eigenvalue weighted by molar-refractivity contribution is 0.674. The van der Waals surface area contributed by atoms with E-state index in [9.17, 15) is 0 Å². The number of aryl methyl sites for hydroxylation is 1. The second-order valence-corrected chi connectivity index (χ2v) is 5.37. The summed E-state index contributed by atoms with van der Waals surface area (Å²) in [5.74, 6) is 1.09. The molecule has 0 saturated carbocycles. The monoisotopic (exact) mass is 321 g/mol. The van der Waals surface area contributed by atoms with Crippen molar-refractivity contribution in [1.29, 1.82) is 0 Å². The van der Waals surface area contributed by atoms with Crippen LogP contribution in [0.1, 0.15) is 31.7 Å². The van der Waals surface area contributed by atoms with Gasteiger partial charge in [-0.2, -0.15) is 0 Å². The maximum Gasteiger partial charge on any atom is 0.112 e. The molecule has 0 aliphatic heterocycles. The van der Waals surface area contributed by atoms with Gasteiger partial charge in [0.15, 0.2) is 0 Å². The molecule has 4 heteroatoms. The van der Waals surface area contributed by atoms with Crippen LogP contribution in [0.3, 0.4) is 0 Å². The summed E-state index contributed by atoms with van der Waals surface area (Å²) in [6.07, 6.45) is 5.95. The van der Waals surface area contributed by atoms with E-state index in [0.717, 1.165) is 41.9 Å². The molecule has 0 saturated heterocycles. The van der Waals surface area contributed by atoms with Crippen LogP contribution in [0.2, 0.25) is 0 Å². The Labute approximate surface area is 123 Å². The summed E-state index contributed by atoms with van der Waals surface area (Å²) < 4.78 is 3.28. The zero-order valence-corrected chi connectivity index (χ0v) is 13.1. The molecule has 0 radical (unpaired) electrons. The van der Waals surface area contributed by atoms with Crippen LogP contribution in [0.15, 0.2) is 35.1 Å². The number of halogens is 1. The highest BCUT2D eigenvalue weighted by molar-refractivity contribution is 9.10. The van der Waals surface area contributed by atoms with E-state index in [2.05, 4.69) is 62.8 Å². The van der Waals surface area contributed by atoms with E-state index in [-0.39, 0.29) is 0 Å². The van der Waals surface area contributed by atoms with Gasteiger partial charge in [-0.3, -0.25) is 0 Å². The predicted molar refractivity (Wildman–Crippen MR) is 82.6 cm³/mol. The number of nitrogens with zero attached hydrogens (tertiary/aromatic N) is 2. The Morgan fingerprint density at radius 3 is 2.84 bits per heavy atom. The van der Waals surface area contributed by atoms with Crippen LogP contribution in [0.5, 0.6) is 0 Å². The molecule has 2 aromatic rings. The van der Waals surface area contributed by atoms with Gasteiger partial charge in [-0.1, -0.05) is 35.8 Å². The second-order valence-electron chi connectivity index (χ2n) is 4.52. The molecule has 0 spiro atoms. The quantitative estimate of drug-likeness (QED) is 0.822. The normalized spacial score (nSPS) is 10.9. The first-order valence-electron chi connectivity index (χ1n) is 6.78. The van der Waals surface area contributed by atoms with Crippen LogP contribution in [0, 0.1) is 0 Å². The van der Waals surface area contributed by atoms with Gasteiger partial charge in [0.2, 0.25) is 0 Å². The van der Waals surface area contributed by atoms with E-state index in [1.54, 1.807) is 0 Å². The summed E-state index contributed by atoms with van der Waals surface area (Å²) >= 11 is 3.66. The SMILES string of the molecule is CCCNCc1ccc(-n2ccnc2CC)cc1Br. The standard InChI is InChI=1S/C15H20BrN3/c1-3-7-17-11-12-5-6-13(10-14(12)16)19-9-8-18-15(19)4-2/h5-6,8-10,17H,3-4,7,11H2,1-2H3. The van der Waals surface area contributed by atoms with Crippen molar-refractivity contribution in [2.24, 2.45) is 0 Å². The maximum atomic E-state index is 4.36. The fourth-order valence-corrected chi connectivity index (χ4v) is 2.57. The first kappa shape index (κ1) is 14.3. The molecule has 1 heterocycles. The smallest absolute Gasteiger partial charge is 0.112 e. The summed E-state index contributed by atoms with van der Waals surface area (Å²) in [5.41, 5.74) is 2.44. The van der Waals surface area contributed by atoms with Crippen LogP contribution in [0.25, 0.3) is 5.69 Å². The minimum atomic E-state index is 0.902. The van der Waals surface area contributed by atoms with E-state index >= 15 is 0 Å². The highest BCUT2D eigenvalue weighted by Gasteiger charge is 2.06. The fourth-order valence-electron chi connectivity index (χ4n) is 2.06. The van der Waals surface area contributed by atoms with Crippen molar-refractivity contribution in [2.75, 3.05) is 6.54 Å². The zero-order valence-electron chi connectivity index (χ0n) is 11.5. The van der Waals surface area contributed by atoms with Crippen LogP contribution < -0.4 is 5.32 Å². The van der Waals surface area contributed by atoms with Crippen LogP contribution in [0.4, 0.5) is 0 Å². The van der Waals surface area contributed by atoms with Crippen molar-refractivity contribution in [2.45, 2.75) is 33.2 Å². The molecule has 0 atom stereocenters. The number of aromatic nitrogens is 2. The highest BCUT2D eigenvalue weighted by atomic mass is 79.9. The number of nitrogens with one attached hydrogen (secondary N) is 1.